The number of hydrogen-bond acceptors (Lipinski definition) is 4. The van der Waals surface area contributed by atoms with Crippen LogP contribution in [0.25, 0.3) is 64.4 Å². The Kier molecular flexibility index (Phi) is 9.39. The predicted octanol–water partition coefficient (Wildman–Crippen LogP) is 19.6. The van der Waals surface area contributed by atoms with Crippen LogP contribution in [-0.2, 0) is 10.8 Å². The van der Waals surface area contributed by atoms with Crippen molar-refractivity contribution in [3.8, 4) is 22.3 Å². The van der Waals surface area contributed by atoms with Crippen LogP contribution in [0.4, 0.5) is 34.1 Å². The largest absolute Gasteiger partial charge is 0.456 e. The summed E-state index contributed by atoms with van der Waals surface area (Å²) in [7, 11) is 0. The molecule has 0 aliphatic heterocycles. The average Bonchev–Trinajstić information content (AvgIpc) is 4.19. The van der Waals surface area contributed by atoms with Crippen molar-refractivity contribution in [3.63, 3.8) is 0 Å². The van der Waals surface area contributed by atoms with Gasteiger partial charge in [0.05, 0.1) is 38.3 Å². The number of fused-ring (bicyclic) bond motifs is 12. The summed E-state index contributed by atoms with van der Waals surface area (Å²) in [4.78, 5) is 5.08. The molecule has 0 N–H and O–H groups in total. The van der Waals surface area contributed by atoms with E-state index in [4.69, 9.17) is 4.42 Å². The van der Waals surface area contributed by atoms with E-state index in [1.807, 2.05) is 11.3 Å². The number of nitrogens with zero attached hydrogens (tertiary/aromatic N) is 2. The third-order valence-corrected chi connectivity index (χ3v) is 17.3. The first-order chi connectivity index (χ1) is 36.5. The molecule has 350 valence electrons. The Labute approximate surface area is 434 Å². The van der Waals surface area contributed by atoms with Crippen molar-refractivity contribution in [2.45, 2.75) is 24.7 Å². The van der Waals surface area contributed by atoms with E-state index in [0.717, 1.165) is 56.1 Å². The molecule has 0 atom stereocenters. The Morgan fingerprint density at radius 1 is 0.378 bits per heavy atom. The number of hydrogen-bond donors (Lipinski definition) is 0. The van der Waals surface area contributed by atoms with Crippen LogP contribution < -0.4 is 9.80 Å². The van der Waals surface area contributed by atoms with E-state index >= 15 is 0 Å². The smallest absolute Gasteiger partial charge is 0.137 e. The zero-order valence-electron chi connectivity index (χ0n) is 41.0. The van der Waals surface area contributed by atoms with Crippen molar-refractivity contribution in [2.24, 2.45) is 0 Å². The highest BCUT2D eigenvalue weighted by Crippen LogP contribution is 2.61. The average molecular weight is 965 g/mol. The van der Waals surface area contributed by atoms with Gasteiger partial charge >= 0.3 is 0 Å². The number of furan rings is 1. The van der Waals surface area contributed by atoms with Gasteiger partial charge in [-0.1, -0.05) is 208 Å². The molecule has 0 unspecified atom stereocenters. The maximum atomic E-state index is 6.67. The number of benzene rings is 11. The van der Waals surface area contributed by atoms with E-state index in [9.17, 15) is 0 Å². The van der Waals surface area contributed by atoms with Crippen LogP contribution >= 0.6 is 11.3 Å². The molecular formula is C70H48N2OS. The van der Waals surface area contributed by atoms with E-state index in [1.54, 1.807) is 0 Å². The summed E-state index contributed by atoms with van der Waals surface area (Å²) in [6, 6.07) is 94.2. The van der Waals surface area contributed by atoms with E-state index in [0.29, 0.717) is 0 Å². The molecule has 0 radical (unpaired) electrons. The standard InChI is InChI=1S/C70H48N2OS/c1-69(2)55-34-13-10-30-53(55)65-57(69)36-20-37-58(65)71(59-38-21-42-63-66(59)54-31-11-15-41-62(54)73-63)47-26-17-27-48(44-47)72(61-40-19-33-52-50-29-12-16-43-64(50)74-68(52)61)60-39-18-32-51-49-28-9-14-35-56(49)70(67(51)60,45-22-5-3-6-23-45)46-24-7-4-8-25-46/h3-44H,1-2H3. The summed E-state index contributed by atoms with van der Waals surface area (Å²) in [6.45, 7) is 4.73. The van der Waals surface area contributed by atoms with Gasteiger partial charge in [0.1, 0.15) is 11.2 Å². The molecule has 4 heteroatoms. The second-order valence-corrected chi connectivity index (χ2v) is 21.3. The summed E-state index contributed by atoms with van der Waals surface area (Å²) < 4.78 is 9.18. The lowest BCUT2D eigenvalue weighted by atomic mass is 9.67. The van der Waals surface area contributed by atoms with Gasteiger partial charge < -0.3 is 14.2 Å². The summed E-state index contributed by atoms with van der Waals surface area (Å²) in [6.07, 6.45) is 0. The fraction of sp³-hybridized carbons (Fsp3) is 0.0571. The molecule has 0 bridgehead atoms. The minimum Gasteiger partial charge on any atom is -0.456 e. The van der Waals surface area contributed by atoms with E-state index in [1.165, 1.54) is 75.8 Å². The summed E-state index contributed by atoms with van der Waals surface area (Å²) in [5.41, 5.74) is 20.1. The van der Waals surface area contributed by atoms with Gasteiger partial charge in [-0.25, -0.2) is 0 Å². The number of para-hydroxylation sites is 1. The lowest BCUT2D eigenvalue weighted by molar-refractivity contribution is 0.660. The highest BCUT2D eigenvalue weighted by atomic mass is 32.1. The molecule has 0 saturated heterocycles. The fourth-order valence-corrected chi connectivity index (χ4v) is 14.2. The Hall–Kier alpha value is -8.96. The van der Waals surface area contributed by atoms with Gasteiger partial charge in [0, 0.05) is 48.8 Å². The first kappa shape index (κ1) is 42.7. The Morgan fingerprint density at radius 3 is 1.70 bits per heavy atom. The molecule has 2 aromatic heterocycles. The van der Waals surface area contributed by atoms with Gasteiger partial charge in [0.25, 0.3) is 0 Å². The second kappa shape index (κ2) is 16.3. The maximum Gasteiger partial charge on any atom is 0.137 e. The van der Waals surface area contributed by atoms with Gasteiger partial charge in [-0.15, -0.1) is 11.3 Å². The van der Waals surface area contributed by atoms with Crippen LogP contribution in [0.3, 0.4) is 0 Å². The lowest BCUT2D eigenvalue weighted by Gasteiger charge is -2.38. The van der Waals surface area contributed by atoms with Crippen LogP contribution in [-0.4, -0.2) is 0 Å². The summed E-state index contributed by atoms with van der Waals surface area (Å²) >= 11 is 1.87. The zero-order chi connectivity index (χ0) is 49.1. The Bertz CT molecular complexity index is 4330. The third kappa shape index (κ3) is 6.00. The highest BCUT2D eigenvalue weighted by molar-refractivity contribution is 7.26. The van der Waals surface area contributed by atoms with Gasteiger partial charge in [0.2, 0.25) is 0 Å². The SMILES string of the molecule is CC1(C)c2ccccc2-c2c(N(c3cccc(N(c4cccc5c4C(c4ccccc4)(c4ccccc4)c4ccccc4-5)c4cccc5c4sc4ccccc45)c3)c3cccc4oc5ccccc5c34)cccc21. The summed E-state index contributed by atoms with van der Waals surface area (Å²) in [5.74, 6) is 0. The normalized spacial score (nSPS) is 13.8. The van der Waals surface area contributed by atoms with E-state index in [-0.39, 0.29) is 5.41 Å². The number of anilines is 6. The molecule has 13 aromatic rings. The number of rotatable bonds is 8. The highest BCUT2D eigenvalue weighted by Gasteiger charge is 2.48. The van der Waals surface area contributed by atoms with Crippen LogP contribution in [0.2, 0.25) is 0 Å². The van der Waals surface area contributed by atoms with Crippen LogP contribution in [0, 0.1) is 0 Å². The van der Waals surface area contributed by atoms with Crippen LogP contribution in [0.5, 0.6) is 0 Å². The second-order valence-electron chi connectivity index (χ2n) is 20.3. The molecule has 0 saturated carbocycles. The van der Waals surface area contributed by atoms with Crippen molar-refractivity contribution in [1.29, 1.82) is 0 Å². The maximum absolute atomic E-state index is 6.67. The van der Waals surface area contributed by atoms with Gasteiger partial charge in [-0.05, 0) is 105 Å². The van der Waals surface area contributed by atoms with Crippen molar-refractivity contribution < 1.29 is 4.42 Å². The first-order valence-electron chi connectivity index (χ1n) is 25.6. The third-order valence-electron chi connectivity index (χ3n) is 16.1. The molecule has 2 heterocycles. The molecule has 0 spiro atoms. The molecule has 0 fully saturated rings. The molecule has 2 aliphatic carbocycles. The summed E-state index contributed by atoms with van der Waals surface area (Å²) in [5, 5.41) is 4.68. The lowest BCUT2D eigenvalue weighted by Crippen LogP contribution is -2.30. The Morgan fingerprint density at radius 2 is 0.905 bits per heavy atom. The van der Waals surface area contributed by atoms with Crippen LogP contribution in [0.1, 0.15) is 47.2 Å². The molecule has 0 amide bonds. The van der Waals surface area contributed by atoms with Gasteiger partial charge in [0.15, 0.2) is 0 Å². The fourth-order valence-electron chi connectivity index (χ4n) is 13.0. The first-order valence-corrected chi connectivity index (χ1v) is 26.4. The molecule has 2 aliphatic rings. The molecule has 15 rings (SSSR count). The van der Waals surface area contributed by atoms with Crippen molar-refractivity contribution in [3.05, 3.63) is 288 Å². The number of thiophene rings is 1. The van der Waals surface area contributed by atoms with Gasteiger partial charge in [-0.2, -0.15) is 0 Å². The quantitative estimate of drug-likeness (QED) is 0.151. The minimum absolute atomic E-state index is 0.196. The van der Waals surface area contributed by atoms with Crippen molar-refractivity contribution in [2.75, 3.05) is 9.80 Å². The van der Waals surface area contributed by atoms with Crippen molar-refractivity contribution >= 4 is 87.6 Å². The van der Waals surface area contributed by atoms with E-state index in [2.05, 4.69) is 278 Å². The molecular weight excluding hydrogens is 917 g/mol. The molecule has 3 nitrogen and oxygen atoms in total. The monoisotopic (exact) mass is 964 g/mol. The van der Waals surface area contributed by atoms with Crippen LogP contribution in [0.15, 0.2) is 259 Å². The zero-order valence-corrected chi connectivity index (χ0v) is 41.8. The predicted molar refractivity (Wildman–Crippen MR) is 311 cm³/mol. The van der Waals surface area contributed by atoms with Gasteiger partial charge in [-0.3, -0.25) is 0 Å². The minimum atomic E-state index is -0.649. The molecule has 11 aromatic carbocycles. The topological polar surface area (TPSA) is 19.6 Å². The molecule has 74 heavy (non-hydrogen) atoms. The van der Waals surface area contributed by atoms with Crippen molar-refractivity contribution in [1.82, 2.24) is 0 Å². The van der Waals surface area contributed by atoms with E-state index < -0.39 is 5.41 Å². The Balaban J connectivity index is 1.05.